The van der Waals surface area contributed by atoms with Crippen molar-refractivity contribution in [2.45, 2.75) is 57.1 Å². The number of carbonyl (C=O) groups excluding carboxylic acids is 1. The lowest BCUT2D eigenvalue weighted by Gasteiger charge is -2.50. The molecule has 0 saturated carbocycles. The normalized spacial score (nSPS) is 24.5. The average Bonchev–Trinajstić information content (AvgIpc) is 3.29. The number of piperidine rings is 3. The summed E-state index contributed by atoms with van der Waals surface area (Å²) in [5.74, 6) is 1.41. The smallest absolute Gasteiger partial charge is 0.302 e. The molecular formula is C27H31N3O3. The minimum absolute atomic E-state index is 0.0568. The lowest BCUT2D eigenvalue weighted by Crippen LogP contribution is -2.59. The average molecular weight is 446 g/mol. The summed E-state index contributed by atoms with van der Waals surface area (Å²) in [4.78, 5) is 14.4. The third-order valence-corrected chi connectivity index (χ3v) is 7.43. The summed E-state index contributed by atoms with van der Waals surface area (Å²) in [6.45, 7) is 5.49. The second-order valence-electron chi connectivity index (χ2n) is 9.32. The zero-order chi connectivity index (χ0) is 22.8. The number of aromatic nitrogens is 2. The summed E-state index contributed by atoms with van der Waals surface area (Å²) in [6.07, 6.45) is 3.77. The van der Waals surface area contributed by atoms with Crippen molar-refractivity contribution >= 4 is 5.97 Å². The van der Waals surface area contributed by atoms with Gasteiger partial charge in [-0.25, -0.2) is 0 Å². The fraction of sp³-hybridized carbons (Fsp3) is 0.444. The van der Waals surface area contributed by atoms with E-state index < -0.39 is 5.41 Å². The molecule has 2 aromatic carbocycles. The maximum atomic E-state index is 11.9. The Balaban J connectivity index is 1.57. The van der Waals surface area contributed by atoms with Crippen molar-refractivity contribution in [3.8, 4) is 0 Å². The Kier molecular flexibility index (Phi) is 6.02. The zero-order valence-corrected chi connectivity index (χ0v) is 19.3. The van der Waals surface area contributed by atoms with Gasteiger partial charge in [-0.3, -0.25) is 9.69 Å². The van der Waals surface area contributed by atoms with Crippen LogP contribution in [0.1, 0.15) is 55.5 Å². The molecule has 0 aliphatic carbocycles. The van der Waals surface area contributed by atoms with Gasteiger partial charge in [-0.1, -0.05) is 60.7 Å². The van der Waals surface area contributed by atoms with Gasteiger partial charge in [0, 0.05) is 19.9 Å². The molecule has 3 aliphatic rings. The largest absolute Gasteiger partial charge is 0.461 e. The summed E-state index contributed by atoms with van der Waals surface area (Å²) in [5, 5.41) is 8.73. The lowest BCUT2D eigenvalue weighted by molar-refractivity contribution is -0.164. The Morgan fingerprint density at radius 2 is 1.64 bits per heavy atom. The van der Waals surface area contributed by atoms with Crippen molar-refractivity contribution in [3.63, 3.8) is 0 Å². The van der Waals surface area contributed by atoms with Gasteiger partial charge < -0.3 is 9.15 Å². The van der Waals surface area contributed by atoms with E-state index in [0.29, 0.717) is 17.7 Å². The van der Waals surface area contributed by atoms with E-state index in [1.807, 2.05) is 19.1 Å². The lowest BCUT2D eigenvalue weighted by atomic mass is 9.69. The first-order valence-corrected chi connectivity index (χ1v) is 11.9. The van der Waals surface area contributed by atoms with Crippen LogP contribution in [0.3, 0.4) is 0 Å². The number of esters is 1. The van der Waals surface area contributed by atoms with Crippen LogP contribution in [0.4, 0.5) is 0 Å². The number of rotatable bonds is 7. The first-order chi connectivity index (χ1) is 16.1. The fourth-order valence-corrected chi connectivity index (χ4v) is 5.90. The summed E-state index contributed by atoms with van der Waals surface area (Å²) < 4.78 is 12.0. The van der Waals surface area contributed by atoms with Crippen LogP contribution < -0.4 is 0 Å². The highest BCUT2D eigenvalue weighted by Crippen LogP contribution is 2.45. The van der Waals surface area contributed by atoms with E-state index in [9.17, 15) is 4.79 Å². The Bertz CT molecular complexity index is 1030. The highest BCUT2D eigenvalue weighted by atomic mass is 16.5. The molecule has 6 rings (SSSR count). The van der Waals surface area contributed by atoms with Gasteiger partial charge in [-0.05, 0) is 55.8 Å². The van der Waals surface area contributed by atoms with Crippen molar-refractivity contribution in [2.24, 2.45) is 5.92 Å². The first-order valence-electron chi connectivity index (χ1n) is 11.9. The number of hydrogen-bond acceptors (Lipinski definition) is 6. The summed E-state index contributed by atoms with van der Waals surface area (Å²) in [7, 11) is 0. The fourth-order valence-electron chi connectivity index (χ4n) is 5.90. The van der Waals surface area contributed by atoms with Crippen molar-refractivity contribution in [3.05, 3.63) is 83.6 Å². The molecule has 3 fully saturated rings. The quantitative estimate of drug-likeness (QED) is 0.498. The monoisotopic (exact) mass is 445 g/mol. The zero-order valence-electron chi connectivity index (χ0n) is 19.3. The number of fused-ring (bicyclic) bond motifs is 3. The molecule has 3 saturated heterocycles. The number of hydrogen-bond donors (Lipinski definition) is 0. The molecule has 4 heterocycles. The maximum Gasteiger partial charge on any atom is 0.302 e. The third-order valence-electron chi connectivity index (χ3n) is 7.43. The van der Waals surface area contributed by atoms with E-state index in [0.717, 1.165) is 49.9 Å². The molecule has 0 spiro atoms. The molecule has 0 radical (unpaired) electrons. The predicted octanol–water partition coefficient (Wildman–Crippen LogP) is 4.52. The van der Waals surface area contributed by atoms with E-state index in [4.69, 9.17) is 9.15 Å². The van der Waals surface area contributed by atoms with Gasteiger partial charge in [0.25, 0.3) is 0 Å². The van der Waals surface area contributed by atoms with E-state index in [1.54, 1.807) is 0 Å². The molecule has 3 aliphatic heterocycles. The van der Waals surface area contributed by atoms with Crippen molar-refractivity contribution in [2.75, 3.05) is 13.1 Å². The number of carbonyl (C=O) groups is 1. The standard InChI is InChI=1S/C27H31N3O3/c1-19-28-29-26(32-19)27(22-9-5-3-6-10-22,23-11-7-4-8-12-23)16-13-24-25(33-20(2)31)21-14-17-30(24)18-15-21/h3-12,21,24-25H,13-18H2,1-2H3. The molecule has 2 atom stereocenters. The summed E-state index contributed by atoms with van der Waals surface area (Å²) >= 11 is 0. The summed E-state index contributed by atoms with van der Waals surface area (Å²) in [5.41, 5.74) is 1.67. The molecular weight excluding hydrogens is 414 g/mol. The minimum atomic E-state index is -0.581. The van der Waals surface area contributed by atoms with Crippen LogP contribution >= 0.6 is 0 Å². The highest BCUT2D eigenvalue weighted by molar-refractivity contribution is 5.66. The molecule has 2 unspecified atom stereocenters. The Morgan fingerprint density at radius 3 is 2.15 bits per heavy atom. The second-order valence-corrected chi connectivity index (χ2v) is 9.32. The molecule has 6 heteroatoms. The number of aryl methyl sites for hydroxylation is 1. The molecule has 0 N–H and O–H groups in total. The molecule has 6 nitrogen and oxygen atoms in total. The SMILES string of the molecule is CC(=O)OC1C2CCN(CC2)C1CCC(c1ccccc1)(c1ccccc1)c1nnc(C)o1. The Morgan fingerprint density at radius 1 is 1.03 bits per heavy atom. The van der Waals surface area contributed by atoms with E-state index in [2.05, 4.69) is 63.6 Å². The van der Waals surface area contributed by atoms with Gasteiger partial charge in [-0.2, -0.15) is 0 Å². The van der Waals surface area contributed by atoms with Crippen molar-refractivity contribution in [1.82, 2.24) is 15.1 Å². The van der Waals surface area contributed by atoms with Crippen LogP contribution in [0.2, 0.25) is 0 Å². The molecule has 2 bridgehead atoms. The van der Waals surface area contributed by atoms with Crippen LogP contribution in [0, 0.1) is 12.8 Å². The van der Waals surface area contributed by atoms with Crippen molar-refractivity contribution < 1.29 is 13.9 Å². The minimum Gasteiger partial charge on any atom is -0.461 e. The van der Waals surface area contributed by atoms with Crippen LogP contribution in [0.5, 0.6) is 0 Å². The van der Waals surface area contributed by atoms with Gasteiger partial charge in [0.2, 0.25) is 11.8 Å². The maximum absolute atomic E-state index is 11.9. The van der Waals surface area contributed by atoms with Gasteiger partial charge in [0.15, 0.2) is 0 Å². The van der Waals surface area contributed by atoms with Gasteiger partial charge >= 0.3 is 5.97 Å². The Labute approximate surface area is 195 Å². The highest BCUT2D eigenvalue weighted by Gasteiger charge is 2.47. The molecule has 33 heavy (non-hydrogen) atoms. The third kappa shape index (κ3) is 4.08. The van der Waals surface area contributed by atoms with Gasteiger partial charge in [0.05, 0.1) is 5.41 Å². The van der Waals surface area contributed by atoms with Crippen LogP contribution in [0.25, 0.3) is 0 Å². The molecule has 0 amide bonds. The van der Waals surface area contributed by atoms with Crippen molar-refractivity contribution in [1.29, 1.82) is 0 Å². The van der Waals surface area contributed by atoms with Gasteiger partial charge in [0.1, 0.15) is 6.10 Å². The number of ether oxygens (including phenoxy) is 1. The second kappa shape index (κ2) is 9.10. The van der Waals surface area contributed by atoms with E-state index >= 15 is 0 Å². The van der Waals surface area contributed by atoms with Crippen LogP contribution in [0.15, 0.2) is 65.1 Å². The first kappa shape index (κ1) is 21.8. The van der Waals surface area contributed by atoms with E-state index in [1.165, 1.54) is 6.92 Å². The molecule has 1 aromatic heterocycles. The van der Waals surface area contributed by atoms with E-state index in [-0.39, 0.29) is 18.1 Å². The summed E-state index contributed by atoms with van der Waals surface area (Å²) in [6, 6.07) is 21.1. The van der Waals surface area contributed by atoms with Crippen LogP contribution in [-0.2, 0) is 14.9 Å². The topological polar surface area (TPSA) is 68.5 Å². The Hall–Kier alpha value is -2.99. The molecule has 172 valence electrons. The molecule has 3 aromatic rings. The predicted molar refractivity (Wildman–Crippen MR) is 125 cm³/mol. The van der Waals surface area contributed by atoms with Gasteiger partial charge in [-0.15, -0.1) is 10.2 Å². The number of benzene rings is 2. The van der Waals surface area contributed by atoms with Crippen LogP contribution in [-0.4, -0.2) is 46.3 Å². The number of nitrogens with zero attached hydrogens (tertiary/aromatic N) is 3.